The maximum atomic E-state index is 4.87. The number of nitrogens with zero attached hydrogens (tertiary/aromatic N) is 2. The van der Waals surface area contributed by atoms with Gasteiger partial charge in [-0.15, -0.1) is 5.10 Å². The predicted molar refractivity (Wildman–Crippen MR) is 35.6 cm³/mol. The minimum absolute atomic E-state index is 0.472. The first-order valence-corrected chi connectivity index (χ1v) is 2.90. The van der Waals surface area contributed by atoms with Crippen LogP contribution in [0.5, 0.6) is 0 Å². The molecule has 0 radical (unpaired) electrons. The van der Waals surface area contributed by atoms with Gasteiger partial charge in [-0.2, -0.15) is 0 Å². The van der Waals surface area contributed by atoms with Crippen LogP contribution in [0.25, 0.3) is 0 Å². The fraction of sp³-hybridized carbons (Fsp3) is 0.167. The summed E-state index contributed by atoms with van der Waals surface area (Å²) >= 11 is 0. The van der Waals surface area contributed by atoms with Crippen molar-refractivity contribution in [3.05, 3.63) is 18.6 Å². The van der Waals surface area contributed by atoms with Crippen LogP contribution in [0, 0.1) is 0 Å². The summed E-state index contributed by atoms with van der Waals surface area (Å²) in [5.74, 6) is 0. The highest BCUT2D eigenvalue weighted by atomic mass is 16.5. The summed E-state index contributed by atoms with van der Waals surface area (Å²) < 4.78 is 9.73. The molecule has 0 spiro atoms. The fourth-order valence-corrected chi connectivity index (χ4v) is 0.773. The zero-order valence-electron chi connectivity index (χ0n) is 5.23. The predicted octanol–water partition coefficient (Wildman–Crippen LogP) is 1.02. The lowest BCUT2D eigenvalue weighted by molar-refractivity contribution is 0.350. The van der Waals surface area contributed by atoms with E-state index in [1.54, 1.807) is 17.5 Å². The molecule has 1 aromatic heterocycles. The lowest BCUT2D eigenvalue weighted by Gasteiger charge is -2.06. The molecule has 1 aliphatic heterocycles. The number of ether oxygens (including phenoxy) is 1. The highest BCUT2D eigenvalue weighted by Crippen LogP contribution is 2.15. The van der Waals surface area contributed by atoms with Gasteiger partial charge in [0.25, 0.3) is 0 Å². The van der Waals surface area contributed by atoms with Crippen molar-refractivity contribution in [2.45, 2.75) is 0 Å². The van der Waals surface area contributed by atoms with E-state index in [4.69, 9.17) is 9.15 Å². The first-order valence-electron chi connectivity index (χ1n) is 2.90. The molecule has 0 unspecified atom stereocenters. The van der Waals surface area contributed by atoms with Crippen molar-refractivity contribution in [2.75, 3.05) is 11.7 Å². The third kappa shape index (κ3) is 0.737. The molecule has 0 aliphatic carbocycles. The topological polar surface area (TPSA) is 38.0 Å². The molecule has 0 bridgehead atoms. The Bertz CT molecular complexity index is 230. The largest absolute Gasteiger partial charge is 0.470 e. The van der Waals surface area contributed by atoms with E-state index in [2.05, 4.69) is 5.10 Å². The molecule has 0 amide bonds. The van der Waals surface area contributed by atoms with E-state index in [1.807, 2.05) is 6.07 Å². The molecule has 1 aliphatic rings. The van der Waals surface area contributed by atoms with Crippen LogP contribution in [-0.2, 0) is 4.74 Å². The average molecular weight is 138 g/mol. The third-order valence-electron chi connectivity index (χ3n) is 1.26. The van der Waals surface area contributed by atoms with E-state index >= 15 is 0 Å². The summed E-state index contributed by atoms with van der Waals surface area (Å²) in [7, 11) is 0. The molecule has 1 aromatic rings. The summed E-state index contributed by atoms with van der Waals surface area (Å²) in [6, 6.07) is 1.83. The molecule has 0 fully saturated rings. The normalized spacial score (nSPS) is 15.8. The average Bonchev–Trinajstić information content (AvgIpc) is 2.59. The van der Waals surface area contributed by atoms with Crippen molar-refractivity contribution < 1.29 is 9.15 Å². The SMILES string of the molecule is C1=NN(c2ccoc2)CO1. The van der Waals surface area contributed by atoms with Crippen LogP contribution >= 0.6 is 0 Å². The van der Waals surface area contributed by atoms with Crippen molar-refractivity contribution in [1.82, 2.24) is 0 Å². The Kier molecular flexibility index (Phi) is 1.10. The molecular formula is C6H6N2O2. The van der Waals surface area contributed by atoms with Crippen molar-refractivity contribution in [3.63, 3.8) is 0 Å². The Hall–Kier alpha value is -1.45. The number of hydrogen-bond donors (Lipinski definition) is 0. The highest BCUT2D eigenvalue weighted by Gasteiger charge is 2.08. The molecule has 0 atom stereocenters. The Morgan fingerprint density at radius 3 is 3.20 bits per heavy atom. The molecule has 4 heteroatoms. The summed E-state index contributed by atoms with van der Waals surface area (Å²) in [4.78, 5) is 0. The molecule has 0 N–H and O–H groups in total. The van der Waals surface area contributed by atoms with Gasteiger partial charge in [-0.3, -0.25) is 0 Å². The van der Waals surface area contributed by atoms with Gasteiger partial charge in [-0.1, -0.05) is 0 Å². The van der Waals surface area contributed by atoms with E-state index in [1.165, 1.54) is 6.40 Å². The van der Waals surface area contributed by atoms with Gasteiger partial charge < -0.3 is 9.15 Å². The molecule has 0 saturated heterocycles. The minimum atomic E-state index is 0.472. The van der Waals surface area contributed by atoms with Gasteiger partial charge >= 0.3 is 0 Å². The van der Waals surface area contributed by atoms with Crippen molar-refractivity contribution >= 4 is 12.1 Å². The monoisotopic (exact) mass is 138 g/mol. The number of anilines is 1. The highest BCUT2D eigenvalue weighted by molar-refractivity contribution is 5.55. The zero-order valence-corrected chi connectivity index (χ0v) is 5.23. The second kappa shape index (κ2) is 2.06. The van der Waals surface area contributed by atoms with Gasteiger partial charge in [-0.25, -0.2) is 5.01 Å². The smallest absolute Gasteiger partial charge is 0.195 e. The van der Waals surface area contributed by atoms with Crippen LogP contribution in [0.3, 0.4) is 0 Å². The summed E-state index contributed by atoms with van der Waals surface area (Å²) in [6.45, 7) is 0.472. The summed E-state index contributed by atoms with van der Waals surface area (Å²) in [6.07, 6.45) is 4.63. The first-order chi connectivity index (χ1) is 4.97. The van der Waals surface area contributed by atoms with Crippen LogP contribution in [0.1, 0.15) is 0 Å². The van der Waals surface area contributed by atoms with Crippen molar-refractivity contribution in [3.8, 4) is 0 Å². The lowest BCUT2D eigenvalue weighted by atomic mass is 10.5. The molecule has 0 aromatic carbocycles. The lowest BCUT2D eigenvalue weighted by Crippen LogP contribution is -2.11. The van der Waals surface area contributed by atoms with Crippen LogP contribution in [0.4, 0.5) is 5.69 Å². The maximum Gasteiger partial charge on any atom is 0.195 e. The van der Waals surface area contributed by atoms with E-state index < -0.39 is 0 Å². The number of furan rings is 1. The molecular weight excluding hydrogens is 132 g/mol. The summed E-state index contributed by atoms with van der Waals surface area (Å²) in [5.41, 5.74) is 0.911. The van der Waals surface area contributed by atoms with Crippen molar-refractivity contribution in [1.29, 1.82) is 0 Å². The quantitative estimate of drug-likeness (QED) is 0.581. The van der Waals surface area contributed by atoms with Crippen LogP contribution in [0.15, 0.2) is 28.1 Å². The molecule has 4 nitrogen and oxygen atoms in total. The standard InChI is InChI=1S/C6H6N2O2/c1-2-9-3-6(1)8-5-10-4-7-8/h1-4H,5H2. The van der Waals surface area contributed by atoms with Crippen LogP contribution < -0.4 is 5.01 Å². The Labute approximate surface area is 57.7 Å². The molecule has 2 rings (SSSR count). The molecule has 0 saturated carbocycles. The van der Waals surface area contributed by atoms with E-state index in [0.717, 1.165) is 5.69 Å². The maximum absolute atomic E-state index is 4.87. The van der Waals surface area contributed by atoms with Crippen molar-refractivity contribution in [2.24, 2.45) is 5.10 Å². The van der Waals surface area contributed by atoms with Gasteiger partial charge in [0.2, 0.25) is 0 Å². The van der Waals surface area contributed by atoms with Gasteiger partial charge in [0.1, 0.15) is 12.0 Å². The molecule has 10 heavy (non-hydrogen) atoms. The molecule has 2 heterocycles. The Morgan fingerprint density at radius 2 is 2.60 bits per heavy atom. The Balaban J connectivity index is 2.20. The number of rotatable bonds is 1. The van der Waals surface area contributed by atoms with Gasteiger partial charge in [0.05, 0.1) is 6.26 Å². The number of hydrazone groups is 1. The van der Waals surface area contributed by atoms with Gasteiger partial charge in [0.15, 0.2) is 13.1 Å². The zero-order chi connectivity index (χ0) is 6.81. The third-order valence-corrected chi connectivity index (χ3v) is 1.26. The molecule has 52 valence electrons. The van der Waals surface area contributed by atoms with Gasteiger partial charge in [-0.05, 0) is 0 Å². The summed E-state index contributed by atoms with van der Waals surface area (Å²) in [5, 5.41) is 5.60. The van der Waals surface area contributed by atoms with E-state index in [0.29, 0.717) is 6.73 Å². The van der Waals surface area contributed by atoms with Crippen LogP contribution in [0.2, 0.25) is 0 Å². The van der Waals surface area contributed by atoms with E-state index in [9.17, 15) is 0 Å². The van der Waals surface area contributed by atoms with E-state index in [-0.39, 0.29) is 0 Å². The Morgan fingerprint density at radius 1 is 1.60 bits per heavy atom. The second-order valence-corrected chi connectivity index (χ2v) is 1.90. The second-order valence-electron chi connectivity index (χ2n) is 1.90. The first kappa shape index (κ1) is 5.34. The van der Waals surface area contributed by atoms with Crippen LogP contribution in [-0.4, -0.2) is 13.1 Å². The van der Waals surface area contributed by atoms with Gasteiger partial charge in [0, 0.05) is 6.07 Å². The fourth-order valence-electron chi connectivity index (χ4n) is 0.773. The minimum Gasteiger partial charge on any atom is -0.470 e. The number of hydrogen-bond acceptors (Lipinski definition) is 4.